The van der Waals surface area contributed by atoms with Gasteiger partial charge in [0, 0.05) is 18.9 Å². The zero-order valence-electron chi connectivity index (χ0n) is 15.7. The van der Waals surface area contributed by atoms with Crippen molar-refractivity contribution in [3.05, 3.63) is 41.5 Å². The minimum Gasteiger partial charge on any atom is -0.486 e. The molecule has 1 unspecified atom stereocenters. The molecular weight excluding hydrogens is 372 g/mol. The lowest BCUT2D eigenvalue weighted by atomic mass is 10.2. The van der Waals surface area contributed by atoms with Crippen LogP contribution in [0.4, 0.5) is 11.5 Å². The normalized spacial score (nSPS) is 19.2. The molecule has 1 saturated carbocycles. The van der Waals surface area contributed by atoms with Gasteiger partial charge in [0.05, 0.1) is 17.6 Å². The number of hydrogen-bond acceptors (Lipinski definition) is 6. The van der Waals surface area contributed by atoms with Gasteiger partial charge in [0.2, 0.25) is 5.91 Å². The van der Waals surface area contributed by atoms with Crippen LogP contribution in [0.3, 0.4) is 0 Å². The van der Waals surface area contributed by atoms with Crippen molar-refractivity contribution in [2.45, 2.75) is 32.3 Å². The molecule has 0 bridgehead atoms. The van der Waals surface area contributed by atoms with Gasteiger partial charge in [-0.1, -0.05) is 12.1 Å². The summed E-state index contributed by atoms with van der Waals surface area (Å²) < 4.78 is 6.29. The summed E-state index contributed by atoms with van der Waals surface area (Å²) in [5.41, 5.74) is 2.03. The van der Waals surface area contributed by atoms with E-state index < -0.39 is 0 Å². The maximum atomic E-state index is 12.3. The van der Waals surface area contributed by atoms with E-state index in [-0.39, 0.29) is 12.0 Å². The molecule has 1 aliphatic carbocycles. The van der Waals surface area contributed by atoms with E-state index in [2.05, 4.69) is 27.6 Å². The first kappa shape index (κ1) is 17.4. The Bertz CT molecular complexity index is 1030. The van der Waals surface area contributed by atoms with E-state index in [4.69, 9.17) is 4.74 Å². The van der Waals surface area contributed by atoms with Gasteiger partial charge >= 0.3 is 0 Å². The molecule has 1 atom stereocenters. The highest BCUT2D eigenvalue weighted by molar-refractivity contribution is 7.17. The van der Waals surface area contributed by atoms with E-state index >= 15 is 0 Å². The van der Waals surface area contributed by atoms with Crippen LogP contribution in [0.2, 0.25) is 0 Å². The van der Waals surface area contributed by atoms with Crippen molar-refractivity contribution in [3.8, 4) is 5.75 Å². The molecule has 144 valence electrons. The Morgan fingerprint density at radius 2 is 2.11 bits per heavy atom. The number of aryl methyl sites for hydroxylation is 1. The van der Waals surface area contributed by atoms with Gasteiger partial charge in [-0.3, -0.25) is 4.79 Å². The number of rotatable bonds is 5. The van der Waals surface area contributed by atoms with Crippen molar-refractivity contribution < 1.29 is 9.53 Å². The third kappa shape index (κ3) is 3.30. The van der Waals surface area contributed by atoms with E-state index in [0.717, 1.165) is 58.8 Å². The highest BCUT2D eigenvalue weighted by Crippen LogP contribution is 2.35. The Balaban J connectivity index is 1.34. The number of aromatic nitrogens is 2. The second-order valence-electron chi connectivity index (χ2n) is 7.53. The van der Waals surface area contributed by atoms with Crippen LogP contribution in [0.1, 0.15) is 24.8 Å². The summed E-state index contributed by atoms with van der Waals surface area (Å²) in [5.74, 6) is 2.14. The Morgan fingerprint density at radius 1 is 1.25 bits per heavy atom. The first-order valence-corrected chi connectivity index (χ1v) is 10.6. The highest BCUT2D eigenvalue weighted by atomic mass is 32.1. The van der Waals surface area contributed by atoms with E-state index in [0.29, 0.717) is 12.5 Å². The van der Waals surface area contributed by atoms with Gasteiger partial charge in [0.1, 0.15) is 28.8 Å². The molecule has 1 N–H and O–H groups in total. The smallest absolute Gasteiger partial charge is 0.225 e. The molecule has 0 spiro atoms. The molecule has 3 heterocycles. The summed E-state index contributed by atoms with van der Waals surface area (Å²) in [4.78, 5) is 24.0. The largest absolute Gasteiger partial charge is 0.486 e. The molecular formula is C21H22N4O2S. The van der Waals surface area contributed by atoms with Gasteiger partial charge in [-0.05, 0) is 42.8 Å². The highest BCUT2D eigenvalue weighted by Gasteiger charge is 2.37. The number of carbonyl (C=O) groups is 1. The SMILES string of the molecule is Cc1csc2ncnc(Nc3ccccc3OC3CCN(C(=O)C4CC4)C3)c12. The molecule has 1 aromatic carbocycles. The quantitative estimate of drug-likeness (QED) is 0.705. The van der Waals surface area contributed by atoms with Gasteiger partial charge in [-0.25, -0.2) is 9.97 Å². The summed E-state index contributed by atoms with van der Waals surface area (Å²) in [7, 11) is 0. The fourth-order valence-electron chi connectivity index (χ4n) is 3.70. The van der Waals surface area contributed by atoms with E-state index in [1.54, 1.807) is 17.7 Å². The second kappa shape index (κ2) is 7.05. The molecule has 1 amide bonds. The third-order valence-corrected chi connectivity index (χ3v) is 6.38. The van der Waals surface area contributed by atoms with Crippen LogP contribution in [-0.4, -0.2) is 40.0 Å². The van der Waals surface area contributed by atoms with Crippen molar-refractivity contribution in [3.63, 3.8) is 0 Å². The summed E-state index contributed by atoms with van der Waals surface area (Å²) in [6.07, 6.45) is 4.57. The maximum Gasteiger partial charge on any atom is 0.225 e. The first-order valence-electron chi connectivity index (χ1n) is 9.69. The maximum absolute atomic E-state index is 12.3. The lowest BCUT2D eigenvalue weighted by Crippen LogP contribution is -2.32. The van der Waals surface area contributed by atoms with Crippen LogP contribution >= 0.6 is 11.3 Å². The van der Waals surface area contributed by atoms with Crippen LogP contribution in [0.25, 0.3) is 10.2 Å². The molecule has 0 radical (unpaired) electrons. The third-order valence-electron chi connectivity index (χ3n) is 5.37. The molecule has 6 nitrogen and oxygen atoms in total. The summed E-state index contributed by atoms with van der Waals surface area (Å²) >= 11 is 1.62. The summed E-state index contributed by atoms with van der Waals surface area (Å²) in [5, 5.41) is 6.57. The van der Waals surface area contributed by atoms with Gasteiger partial charge < -0.3 is 15.0 Å². The zero-order valence-corrected chi connectivity index (χ0v) is 16.5. The number of fused-ring (bicyclic) bond motifs is 1. The number of likely N-dealkylation sites (tertiary alicyclic amines) is 1. The predicted octanol–water partition coefficient (Wildman–Crippen LogP) is 4.13. The monoisotopic (exact) mass is 394 g/mol. The molecule has 1 aliphatic heterocycles. The van der Waals surface area contributed by atoms with Crippen molar-refractivity contribution in [1.29, 1.82) is 0 Å². The Kier molecular flexibility index (Phi) is 4.39. The molecule has 2 fully saturated rings. The Morgan fingerprint density at radius 3 is 2.96 bits per heavy atom. The summed E-state index contributed by atoms with van der Waals surface area (Å²) in [6.45, 7) is 3.53. The number of anilines is 2. The van der Waals surface area contributed by atoms with Crippen LogP contribution < -0.4 is 10.1 Å². The topological polar surface area (TPSA) is 67.4 Å². The lowest BCUT2D eigenvalue weighted by molar-refractivity contribution is -0.131. The van der Waals surface area contributed by atoms with Crippen LogP contribution in [0, 0.1) is 12.8 Å². The minimum atomic E-state index is 0.0268. The van der Waals surface area contributed by atoms with Crippen LogP contribution in [0.15, 0.2) is 36.0 Å². The fourth-order valence-corrected chi connectivity index (χ4v) is 4.59. The van der Waals surface area contributed by atoms with E-state index in [1.165, 1.54) is 0 Å². The Labute approximate surface area is 167 Å². The molecule has 2 aromatic heterocycles. The number of nitrogens with zero attached hydrogens (tertiary/aromatic N) is 3. The van der Waals surface area contributed by atoms with Gasteiger partial charge in [-0.15, -0.1) is 11.3 Å². The Hall–Kier alpha value is -2.67. The van der Waals surface area contributed by atoms with E-state index in [9.17, 15) is 4.79 Å². The first-order chi connectivity index (χ1) is 13.7. The average molecular weight is 395 g/mol. The number of para-hydroxylation sites is 2. The van der Waals surface area contributed by atoms with E-state index in [1.807, 2.05) is 29.2 Å². The molecule has 28 heavy (non-hydrogen) atoms. The molecule has 5 rings (SSSR count). The molecule has 1 saturated heterocycles. The van der Waals surface area contributed by atoms with Gasteiger partial charge in [0.25, 0.3) is 0 Å². The lowest BCUT2D eigenvalue weighted by Gasteiger charge is -2.19. The number of carbonyl (C=O) groups excluding carboxylic acids is 1. The predicted molar refractivity (Wildman–Crippen MR) is 110 cm³/mol. The molecule has 3 aromatic rings. The van der Waals surface area contributed by atoms with Crippen LogP contribution in [0.5, 0.6) is 5.75 Å². The number of hydrogen-bond donors (Lipinski definition) is 1. The van der Waals surface area contributed by atoms with Crippen molar-refractivity contribution in [1.82, 2.24) is 14.9 Å². The second-order valence-corrected chi connectivity index (χ2v) is 8.39. The number of nitrogens with one attached hydrogen (secondary N) is 1. The van der Waals surface area contributed by atoms with Gasteiger partial charge in [0.15, 0.2) is 0 Å². The van der Waals surface area contributed by atoms with Crippen molar-refractivity contribution in [2.75, 3.05) is 18.4 Å². The minimum absolute atomic E-state index is 0.0268. The number of amides is 1. The van der Waals surface area contributed by atoms with Crippen molar-refractivity contribution >= 4 is 39.0 Å². The zero-order chi connectivity index (χ0) is 19.1. The van der Waals surface area contributed by atoms with Crippen molar-refractivity contribution in [2.24, 2.45) is 5.92 Å². The van der Waals surface area contributed by atoms with Crippen LogP contribution in [-0.2, 0) is 4.79 Å². The molecule has 7 heteroatoms. The number of thiophene rings is 1. The standard InChI is InChI=1S/C21H22N4O2S/c1-13-11-28-20-18(13)19(22-12-23-20)24-16-4-2-3-5-17(16)27-15-8-9-25(10-15)21(26)14-6-7-14/h2-5,11-12,14-15H,6-10H2,1H3,(H,22,23,24). The van der Waals surface area contributed by atoms with Gasteiger partial charge in [-0.2, -0.15) is 0 Å². The number of benzene rings is 1. The average Bonchev–Trinajstić information content (AvgIpc) is 3.34. The fraction of sp³-hybridized carbons (Fsp3) is 0.381. The summed E-state index contributed by atoms with van der Waals surface area (Å²) in [6, 6.07) is 7.90. The number of ether oxygens (including phenoxy) is 1. The molecule has 2 aliphatic rings.